The number of nitrogens with zero attached hydrogens (tertiary/aromatic N) is 1. The van der Waals surface area contributed by atoms with Crippen molar-refractivity contribution in [2.24, 2.45) is 0 Å². The third-order valence-corrected chi connectivity index (χ3v) is 2.97. The number of carbonyl (C=O) groups is 2. The van der Waals surface area contributed by atoms with E-state index >= 15 is 0 Å². The Kier molecular flexibility index (Phi) is 2.82. The Labute approximate surface area is 83.6 Å². The van der Waals surface area contributed by atoms with Gasteiger partial charge in [0.1, 0.15) is 0 Å². The first-order valence-corrected chi connectivity index (χ1v) is 5.34. The summed E-state index contributed by atoms with van der Waals surface area (Å²) in [5.41, 5.74) is 0. The molecular formula is C10H16N2O2. The van der Waals surface area contributed by atoms with E-state index < -0.39 is 0 Å². The van der Waals surface area contributed by atoms with E-state index in [4.69, 9.17) is 0 Å². The van der Waals surface area contributed by atoms with Crippen molar-refractivity contribution in [2.45, 2.75) is 38.1 Å². The Morgan fingerprint density at radius 2 is 1.93 bits per heavy atom. The number of likely N-dealkylation sites (tertiary alicyclic amines) is 1. The van der Waals surface area contributed by atoms with Crippen LogP contribution < -0.4 is 5.32 Å². The molecule has 0 spiro atoms. The van der Waals surface area contributed by atoms with Crippen LogP contribution in [0, 0.1) is 0 Å². The first-order chi connectivity index (χ1) is 6.77. The summed E-state index contributed by atoms with van der Waals surface area (Å²) in [7, 11) is 0. The highest BCUT2D eigenvalue weighted by Gasteiger charge is 2.30. The van der Waals surface area contributed by atoms with Gasteiger partial charge in [-0.1, -0.05) is 6.42 Å². The highest BCUT2D eigenvalue weighted by atomic mass is 16.2. The van der Waals surface area contributed by atoms with E-state index in [0.29, 0.717) is 25.4 Å². The lowest BCUT2D eigenvalue weighted by atomic mass is 10.0. The van der Waals surface area contributed by atoms with E-state index in [9.17, 15) is 9.59 Å². The summed E-state index contributed by atoms with van der Waals surface area (Å²) in [4.78, 5) is 24.1. The summed E-state index contributed by atoms with van der Waals surface area (Å²) < 4.78 is 0. The molecule has 1 atom stereocenters. The number of nitrogens with one attached hydrogen (secondary N) is 1. The summed E-state index contributed by atoms with van der Waals surface area (Å²) in [5, 5.41) is 3.34. The molecule has 1 N–H and O–H groups in total. The molecule has 0 aromatic carbocycles. The Hall–Kier alpha value is -0.900. The van der Waals surface area contributed by atoms with Crippen molar-refractivity contribution in [1.82, 2.24) is 10.2 Å². The fourth-order valence-electron chi connectivity index (χ4n) is 2.13. The Morgan fingerprint density at radius 1 is 1.21 bits per heavy atom. The van der Waals surface area contributed by atoms with Gasteiger partial charge >= 0.3 is 0 Å². The van der Waals surface area contributed by atoms with Gasteiger partial charge in [-0.3, -0.25) is 14.5 Å². The third kappa shape index (κ3) is 1.95. The highest BCUT2D eigenvalue weighted by Crippen LogP contribution is 2.15. The number of imide groups is 1. The van der Waals surface area contributed by atoms with Crippen molar-refractivity contribution < 1.29 is 9.59 Å². The van der Waals surface area contributed by atoms with Crippen molar-refractivity contribution in [1.29, 1.82) is 0 Å². The van der Waals surface area contributed by atoms with Gasteiger partial charge in [-0.2, -0.15) is 0 Å². The van der Waals surface area contributed by atoms with Gasteiger partial charge in [0.05, 0.1) is 0 Å². The molecule has 2 heterocycles. The maximum atomic E-state index is 11.3. The molecule has 78 valence electrons. The molecule has 0 aromatic rings. The van der Waals surface area contributed by atoms with E-state index in [1.54, 1.807) is 0 Å². The fourth-order valence-corrected chi connectivity index (χ4v) is 2.13. The lowest BCUT2D eigenvalue weighted by molar-refractivity contribution is -0.138. The van der Waals surface area contributed by atoms with Gasteiger partial charge in [-0.25, -0.2) is 0 Å². The second-order valence-corrected chi connectivity index (χ2v) is 4.04. The summed E-state index contributed by atoms with van der Waals surface area (Å²) >= 11 is 0. The molecule has 14 heavy (non-hydrogen) atoms. The molecule has 2 amide bonds. The quantitative estimate of drug-likeness (QED) is 0.645. The van der Waals surface area contributed by atoms with Gasteiger partial charge in [0.2, 0.25) is 11.8 Å². The van der Waals surface area contributed by atoms with E-state index in [-0.39, 0.29) is 11.8 Å². The number of piperidine rings is 1. The number of amides is 2. The van der Waals surface area contributed by atoms with Gasteiger partial charge in [-0.15, -0.1) is 0 Å². The van der Waals surface area contributed by atoms with Crippen LogP contribution in [0.4, 0.5) is 0 Å². The van der Waals surface area contributed by atoms with Crippen molar-refractivity contribution in [3.8, 4) is 0 Å². The predicted molar refractivity (Wildman–Crippen MR) is 51.6 cm³/mol. The van der Waals surface area contributed by atoms with Crippen LogP contribution in [0.5, 0.6) is 0 Å². The van der Waals surface area contributed by atoms with Crippen LogP contribution in [-0.4, -0.2) is 35.8 Å². The van der Waals surface area contributed by atoms with Gasteiger partial charge in [-0.05, 0) is 19.4 Å². The first kappa shape index (κ1) is 9.65. The largest absolute Gasteiger partial charge is 0.312 e. The molecule has 0 bridgehead atoms. The zero-order valence-electron chi connectivity index (χ0n) is 8.29. The van der Waals surface area contributed by atoms with Crippen molar-refractivity contribution in [3.63, 3.8) is 0 Å². The fraction of sp³-hybridized carbons (Fsp3) is 0.800. The highest BCUT2D eigenvalue weighted by molar-refractivity contribution is 6.01. The van der Waals surface area contributed by atoms with Gasteiger partial charge < -0.3 is 5.32 Å². The molecular weight excluding hydrogens is 180 g/mol. The topological polar surface area (TPSA) is 49.4 Å². The normalized spacial score (nSPS) is 28.6. The average Bonchev–Trinajstić information content (AvgIpc) is 2.51. The lowest BCUT2D eigenvalue weighted by Crippen LogP contribution is -2.45. The summed E-state index contributed by atoms with van der Waals surface area (Å²) in [6, 6.07) is 0.328. The zero-order chi connectivity index (χ0) is 9.97. The number of hydrogen-bond acceptors (Lipinski definition) is 3. The summed E-state index contributed by atoms with van der Waals surface area (Å²) in [5.74, 6) is 0.00440. The summed E-state index contributed by atoms with van der Waals surface area (Å²) in [6.07, 6.45) is 4.31. The monoisotopic (exact) mass is 196 g/mol. The van der Waals surface area contributed by atoms with Crippen LogP contribution in [0.3, 0.4) is 0 Å². The number of rotatable bonds is 2. The Morgan fingerprint density at radius 3 is 2.50 bits per heavy atom. The Balaban J connectivity index is 1.89. The minimum atomic E-state index is 0.00220. The van der Waals surface area contributed by atoms with Crippen LogP contribution in [0.1, 0.15) is 32.1 Å². The zero-order valence-corrected chi connectivity index (χ0v) is 8.29. The van der Waals surface area contributed by atoms with Crippen molar-refractivity contribution >= 4 is 11.8 Å². The van der Waals surface area contributed by atoms with Crippen molar-refractivity contribution in [3.05, 3.63) is 0 Å². The molecule has 4 heteroatoms. The molecule has 0 saturated carbocycles. The smallest absolute Gasteiger partial charge is 0.229 e. The second kappa shape index (κ2) is 4.09. The van der Waals surface area contributed by atoms with Crippen molar-refractivity contribution in [2.75, 3.05) is 13.1 Å². The van der Waals surface area contributed by atoms with Gasteiger partial charge in [0.25, 0.3) is 0 Å². The van der Waals surface area contributed by atoms with Gasteiger partial charge in [0.15, 0.2) is 0 Å². The van der Waals surface area contributed by atoms with Crippen LogP contribution in [-0.2, 0) is 9.59 Å². The van der Waals surface area contributed by atoms with E-state index in [0.717, 1.165) is 13.0 Å². The second-order valence-electron chi connectivity index (χ2n) is 4.04. The maximum Gasteiger partial charge on any atom is 0.229 e. The SMILES string of the molecule is O=C1CCC(=O)N1C[C@@H]1CCCCN1. The van der Waals surface area contributed by atoms with E-state index in [1.807, 2.05) is 0 Å². The number of hydrogen-bond donors (Lipinski definition) is 1. The molecule has 0 radical (unpaired) electrons. The van der Waals surface area contributed by atoms with E-state index in [1.165, 1.54) is 17.7 Å². The molecule has 0 aromatic heterocycles. The summed E-state index contributed by atoms with van der Waals surface area (Å²) in [6.45, 7) is 1.60. The molecule has 2 aliphatic rings. The molecule has 2 aliphatic heterocycles. The van der Waals surface area contributed by atoms with Gasteiger partial charge in [0, 0.05) is 25.4 Å². The molecule has 2 rings (SSSR count). The standard InChI is InChI=1S/C10H16N2O2/c13-9-4-5-10(14)12(9)7-8-3-1-2-6-11-8/h8,11H,1-7H2/t8-/m0/s1. The maximum absolute atomic E-state index is 11.3. The van der Waals surface area contributed by atoms with Crippen LogP contribution >= 0.6 is 0 Å². The number of carbonyl (C=O) groups excluding carboxylic acids is 2. The van der Waals surface area contributed by atoms with Crippen LogP contribution in [0.25, 0.3) is 0 Å². The molecule has 2 saturated heterocycles. The minimum Gasteiger partial charge on any atom is -0.312 e. The molecule has 0 aliphatic carbocycles. The van der Waals surface area contributed by atoms with E-state index in [2.05, 4.69) is 5.32 Å². The average molecular weight is 196 g/mol. The first-order valence-electron chi connectivity index (χ1n) is 5.34. The van der Waals surface area contributed by atoms with Crippen LogP contribution in [0.2, 0.25) is 0 Å². The van der Waals surface area contributed by atoms with Crippen LogP contribution in [0.15, 0.2) is 0 Å². The molecule has 4 nitrogen and oxygen atoms in total. The predicted octanol–water partition coefficient (Wildman–Crippen LogP) is 0.277. The Bertz CT molecular complexity index is 231. The minimum absolute atomic E-state index is 0.00220. The molecule has 0 unspecified atom stereocenters. The third-order valence-electron chi connectivity index (χ3n) is 2.97. The lowest BCUT2D eigenvalue weighted by Gasteiger charge is -2.26. The molecule has 2 fully saturated rings.